The standard InChI is InChI=1S/C24H22ClNO6/c1-14(23(28)26-10-4-5-15(13-26)24(29)30)31-16-8-9-18-19(12-22(27)32-21(18)11-16)17-6-2-3-7-20(17)25/h2-3,6-9,11-12,14-15H,4-5,10,13H2,1H3,(H,29,30)/t14-,15+/m1/s1. The summed E-state index contributed by atoms with van der Waals surface area (Å²) < 4.78 is 11.2. The predicted molar refractivity (Wildman–Crippen MR) is 120 cm³/mol. The number of likely N-dealkylation sites (tertiary alicyclic amines) is 1. The minimum atomic E-state index is -0.894. The van der Waals surface area contributed by atoms with Gasteiger partial charge in [0.1, 0.15) is 11.3 Å². The topological polar surface area (TPSA) is 97.0 Å². The lowest BCUT2D eigenvalue weighted by Gasteiger charge is -2.32. The lowest BCUT2D eigenvalue weighted by atomic mass is 9.98. The Hall–Kier alpha value is -3.32. The Labute approximate surface area is 189 Å². The first-order valence-corrected chi connectivity index (χ1v) is 10.7. The van der Waals surface area contributed by atoms with Crippen LogP contribution in [0.25, 0.3) is 22.1 Å². The normalized spacial score (nSPS) is 17.2. The van der Waals surface area contributed by atoms with Crippen molar-refractivity contribution in [2.75, 3.05) is 13.1 Å². The second-order valence-corrected chi connectivity index (χ2v) is 8.25. The monoisotopic (exact) mass is 455 g/mol. The summed E-state index contributed by atoms with van der Waals surface area (Å²) in [7, 11) is 0. The second-order valence-electron chi connectivity index (χ2n) is 7.84. The molecular formula is C24H22ClNO6. The molecule has 3 aromatic rings. The second kappa shape index (κ2) is 9.04. The zero-order valence-corrected chi connectivity index (χ0v) is 18.2. The van der Waals surface area contributed by atoms with Crippen LogP contribution in [0.1, 0.15) is 19.8 Å². The first kappa shape index (κ1) is 21.9. The van der Waals surface area contributed by atoms with Gasteiger partial charge < -0.3 is 19.2 Å². The minimum absolute atomic E-state index is 0.176. The van der Waals surface area contributed by atoms with E-state index >= 15 is 0 Å². The highest BCUT2D eigenvalue weighted by molar-refractivity contribution is 6.33. The Bertz CT molecular complexity index is 1240. The van der Waals surface area contributed by atoms with Gasteiger partial charge in [-0.25, -0.2) is 4.79 Å². The van der Waals surface area contributed by atoms with Gasteiger partial charge in [-0.2, -0.15) is 0 Å². The quantitative estimate of drug-likeness (QED) is 0.579. The fourth-order valence-corrected chi connectivity index (χ4v) is 4.25. The zero-order chi connectivity index (χ0) is 22.8. The molecule has 2 atom stereocenters. The zero-order valence-electron chi connectivity index (χ0n) is 17.4. The molecule has 32 heavy (non-hydrogen) atoms. The van der Waals surface area contributed by atoms with Gasteiger partial charge in [-0.1, -0.05) is 29.8 Å². The smallest absolute Gasteiger partial charge is 0.336 e. The van der Waals surface area contributed by atoms with E-state index in [0.717, 1.165) is 0 Å². The number of halogens is 1. The van der Waals surface area contributed by atoms with Crippen LogP contribution in [0.2, 0.25) is 5.02 Å². The fourth-order valence-electron chi connectivity index (χ4n) is 4.01. The molecule has 0 aliphatic carbocycles. The number of ether oxygens (including phenoxy) is 1. The van der Waals surface area contributed by atoms with Crippen LogP contribution < -0.4 is 10.4 Å². The number of piperidine rings is 1. The fraction of sp³-hybridized carbons (Fsp3) is 0.292. The first-order chi connectivity index (χ1) is 15.3. The van der Waals surface area contributed by atoms with Gasteiger partial charge in [-0.15, -0.1) is 0 Å². The third kappa shape index (κ3) is 4.48. The first-order valence-electron chi connectivity index (χ1n) is 10.3. The SMILES string of the molecule is C[C@@H](Oc1ccc2c(-c3ccccc3Cl)cc(=O)oc2c1)C(=O)N1CCC[C@H](C(=O)O)C1. The maximum absolute atomic E-state index is 12.8. The number of hydrogen-bond acceptors (Lipinski definition) is 5. The number of carbonyl (C=O) groups is 2. The van der Waals surface area contributed by atoms with Crippen LogP contribution in [0.15, 0.2) is 57.7 Å². The molecule has 1 aliphatic rings. The number of fused-ring (bicyclic) bond motifs is 1. The summed E-state index contributed by atoms with van der Waals surface area (Å²) in [5.74, 6) is -1.36. The van der Waals surface area contributed by atoms with Crippen molar-refractivity contribution in [3.63, 3.8) is 0 Å². The molecule has 0 bridgehead atoms. The summed E-state index contributed by atoms with van der Waals surface area (Å²) in [6, 6.07) is 13.6. The van der Waals surface area contributed by atoms with Gasteiger partial charge in [0, 0.05) is 46.8 Å². The van der Waals surface area contributed by atoms with E-state index in [1.807, 2.05) is 18.2 Å². The van der Waals surface area contributed by atoms with Gasteiger partial charge in [-0.3, -0.25) is 9.59 Å². The van der Waals surface area contributed by atoms with Crippen LogP contribution >= 0.6 is 11.6 Å². The Morgan fingerprint density at radius 1 is 1.19 bits per heavy atom. The van der Waals surface area contributed by atoms with Crippen molar-refractivity contribution in [3.05, 3.63) is 64.0 Å². The number of nitrogens with zero attached hydrogens (tertiary/aromatic N) is 1. The van der Waals surface area contributed by atoms with Crippen LogP contribution in [0.5, 0.6) is 5.75 Å². The summed E-state index contributed by atoms with van der Waals surface area (Å²) in [5, 5.41) is 10.4. The number of carbonyl (C=O) groups excluding carboxylic acids is 1. The summed E-state index contributed by atoms with van der Waals surface area (Å²) in [6.07, 6.45) is 0.381. The van der Waals surface area contributed by atoms with Crippen LogP contribution in [0.4, 0.5) is 0 Å². The van der Waals surface area contributed by atoms with Gasteiger partial charge in [0.25, 0.3) is 5.91 Å². The van der Waals surface area contributed by atoms with Crippen LogP contribution in [-0.4, -0.2) is 41.1 Å². The highest BCUT2D eigenvalue weighted by Crippen LogP contribution is 2.34. The molecule has 1 saturated heterocycles. The van der Waals surface area contributed by atoms with Crippen molar-refractivity contribution >= 4 is 34.4 Å². The van der Waals surface area contributed by atoms with Crippen molar-refractivity contribution in [1.29, 1.82) is 0 Å². The van der Waals surface area contributed by atoms with Gasteiger partial charge in [-0.05, 0) is 38.0 Å². The molecular weight excluding hydrogens is 434 g/mol. The number of hydrogen-bond donors (Lipinski definition) is 1. The van der Waals surface area contributed by atoms with E-state index in [4.69, 9.17) is 20.8 Å². The van der Waals surface area contributed by atoms with Gasteiger partial charge in [0.2, 0.25) is 0 Å². The van der Waals surface area contributed by atoms with E-state index in [0.29, 0.717) is 52.3 Å². The average Bonchev–Trinajstić information content (AvgIpc) is 2.78. The Balaban J connectivity index is 1.58. The Morgan fingerprint density at radius 3 is 2.72 bits per heavy atom. The number of carboxylic acids is 1. The van der Waals surface area contributed by atoms with Crippen molar-refractivity contribution in [2.24, 2.45) is 5.92 Å². The molecule has 1 amide bonds. The van der Waals surface area contributed by atoms with E-state index in [1.54, 1.807) is 31.2 Å². The number of amides is 1. The van der Waals surface area contributed by atoms with E-state index in [9.17, 15) is 19.5 Å². The molecule has 8 heteroatoms. The highest BCUT2D eigenvalue weighted by Gasteiger charge is 2.31. The van der Waals surface area contributed by atoms with E-state index in [1.165, 1.54) is 11.0 Å². The molecule has 1 aromatic heterocycles. The van der Waals surface area contributed by atoms with Gasteiger partial charge >= 0.3 is 11.6 Å². The average molecular weight is 456 g/mol. The Kier molecular flexibility index (Phi) is 6.19. The molecule has 0 radical (unpaired) electrons. The summed E-state index contributed by atoms with van der Waals surface area (Å²) in [5.41, 5.74) is 1.14. The third-order valence-electron chi connectivity index (χ3n) is 5.62. The third-order valence-corrected chi connectivity index (χ3v) is 5.95. The molecule has 1 N–H and O–H groups in total. The van der Waals surface area contributed by atoms with Gasteiger partial charge in [0.05, 0.1) is 5.92 Å². The molecule has 7 nitrogen and oxygen atoms in total. The van der Waals surface area contributed by atoms with E-state index in [-0.39, 0.29) is 12.5 Å². The van der Waals surface area contributed by atoms with Gasteiger partial charge in [0.15, 0.2) is 6.10 Å². The number of aliphatic carboxylic acids is 1. The molecule has 1 aliphatic heterocycles. The largest absolute Gasteiger partial charge is 0.481 e. The molecule has 0 unspecified atom stereocenters. The van der Waals surface area contributed by atoms with Crippen LogP contribution in [0, 0.1) is 5.92 Å². The lowest BCUT2D eigenvalue weighted by molar-refractivity contribution is -0.147. The summed E-state index contributed by atoms with van der Waals surface area (Å²) >= 11 is 6.31. The molecule has 1 fully saturated rings. The maximum atomic E-state index is 12.8. The summed E-state index contributed by atoms with van der Waals surface area (Å²) in [4.78, 5) is 37.8. The van der Waals surface area contributed by atoms with Crippen molar-refractivity contribution in [3.8, 4) is 16.9 Å². The maximum Gasteiger partial charge on any atom is 0.336 e. The number of benzene rings is 2. The van der Waals surface area contributed by atoms with Crippen molar-refractivity contribution in [2.45, 2.75) is 25.9 Å². The molecule has 0 saturated carbocycles. The minimum Gasteiger partial charge on any atom is -0.481 e. The van der Waals surface area contributed by atoms with E-state index in [2.05, 4.69) is 0 Å². The lowest BCUT2D eigenvalue weighted by Crippen LogP contribution is -2.47. The van der Waals surface area contributed by atoms with Crippen LogP contribution in [-0.2, 0) is 9.59 Å². The number of rotatable bonds is 5. The molecule has 166 valence electrons. The molecule has 2 aromatic carbocycles. The molecule has 4 rings (SSSR count). The van der Waals surface area contributed by atoms with Crippen LogP contribution in [0.3, 0.4) is 0 Å². The van der Waals surface area contributed by atoms with Crippen molar-refractivity contribution < 1.29 is 23.8 Å². The number of carboxylic acid groups (broad SMARTS) is 1. The van der Waals surface area contributed by atoms with E-state index < -0.39 is 23.6 Å². The molecule has 0 spiro atoms. The Morgan fingerprint density at radius 2 is 1.97 bits per heavy atom. The highest BCUT2D eigenvalue weighted by atomic mass is 35.5. The molecule has 2 heterocycles. The summed E-state index contributed by atoms with van der Waals surface area (Å²) in [6.45, 7) is 2.30. The van der Waals surface area contributed by atoms with Crippen molar-refractivity contribution in [1.82, 2.24) is 4.90 Å². The predicted octanol–water partition coefficient (Wildman–Crippen LogP) is 4.20.